The minimum Gasteiger partial charge on any atom is -0.389 e. The summed E-state index contributed by atoms with van der Waals surface area (Å²) in [5.41, 5.74) is 2.17. The van der Waals surface area contributed by atoms with Gasteiger partial charge in [-0.25, -0.2) is 0 Å². The highest BCUT2D eigenvalue weighted by molar-refractivity contribution is 9.10. The highest BCUT2D eigenvalue weighted by atomic mass is 79.9. The second kappa shape index (κ2) is 7.02. The number of rotatable bonds is 6. The Labute approximate surface area is 113 Å². The molecule has 0 saturated carbocycles. The molecule has 0 aromatic heterocycles. The monoisotopic (exact) mass is 299 g/mol. The standard InChI is InChI=1S/C14H22BrNO/c1-4-8-16(9-5-2)14-7-6-12(11(3)17)10-13(14)15/h6-7,10-11,17H,4-5,8-9H2,1-3H3/t11-/m0/s1. The molecule has 3 heteroatoms. The van der Waals surface area contributed by atoms with Gasteiger partial charge in [0.15, 0.2) is 0 Å². The van der Waals surface area contributed by atoms with E-state index in [1.54, 1.807) is 6.92 Å². The van der Waals surface area contributed by atoms with Crippen molar-refractivity contribution in [2.75, 3.05) is 18.0 Å². The van der Waals surface area contributed by atoms with Gasteiger partial charge in [-0.2, -0.15) is 0 Å². The van der Waals surface area contributed by atoms with Crippen molar-refractivity contribution in [2.24, 2.45) is 0 Å². The van der Waals surface area contributed by atoms with Gasteiger partial charge in [-0.3, -0.25) is 0 Å². The zero-order chi connectivity index (χ0) is 12.8. The van der Waals surface area contributed by atoms with Crippen LogP contribution < -0.4 is 4.90 Å². The van der Waals surface area contributed by atoms with Crippen LogP contribution in [0.2, 0.25) is 0 Å². The lowest BCUT2D eigenvalue weighted by Crippen LogP contribution is -2.25. The highest BCUT2D eigenvalue weighted by Crippen LogP contribution is 2.29. The van der Waals surface area contributed by atoms with E-state index in [4.69, 9.17) is 0 Å². The lowest BCUT2D eigenvalue weighted by molar-refractivity contribution is 0.199. The quantitative estimate of drug-likeness (QED) is 0.854. The van der Waals surface area contributed by atoms with E-state index in [0.717, 1.165) is 36.0 Å². The summed E-state index contributed by atoms with van der Waals surface area (Å²) in [5, 5.41) is 9.55. The minimum atomic E-state index is -0.411. The summed E-state index contributed by atoms with van der Waals surface area (Å²) >= 11 is 3.60. The molecule has 17 heavy (non-hydrogen) atoms. The Bertz CT molecular complexity index is 346. The Kier molecular flexibility index (Phi) is 6.00. The number of nitrogens with zero attached hydrogens (tertiary/aromatic N) is 1. The lowest BCUT2D eigenvalue weighted by Gasteiger charge is -2.25. The molecule has 0 spiro atoms. The molecular weight excluding hydrogens is 278 g/mol. The van der Waals surface area contributed by atoms with E-state index in [1.807, 2.05) is 12.1 Å². The van der Waals surface area contributed by atoms with Gasteiger partial charge >= 0.3 is 0 Å². The van der Waals surface area contributed by atoms with Crippen molar-refractivity contribution in [1.82, 2.24) is 0 Å². The van der Waals surface area contributed by atoms with E-state index < -0.39 is 6.10 Å². The van der Waals surface area contributed by atoms with Crippen LogP contribution in [-0.4, -0.2) is 18.2 Å². The van der Waals surface area contributed by atoms with Crippen molar-refractivity contribution in [2.45, 2.75) is 39.7 Å². The Balaban J connectivity index is 2.95. The van der Waals surface area contributed by atoms with Crippen LogP contribution in [0.3, 0.4) is 0 Å². The summed E-state index contributed by atoms with van der Waals surface area (Å²) in [6, 6.07) is 6.11. The van der Waals surface area contributed by atoms with Gasteiger partial charge in [-0.05, 0) is 53.4 Å². The number of hydrogen-bond donors (Lipinski definition) is 1. The number of halogens is 1. The third-order valence-electron chi connectivity index (χ3n) is 2.78. The van der Waals surface area contributed by atoms with E-state index in [-0.39, 0.29) is 0 Å². The van der Waals surface area contributed by atoms with E-state index >= 15 is 0 Å². The Morgan fingerprint density at radius 3 is 2.24 bits per heavy atom. The largest absolute Gasteiger partial charge is 0.389 e. The fourth-order valence-corrected chi connectivity index (χ4v) is 2.58. The molecule has 0 radical (unpaired) electrons. The number of aliphatic hydroxyl groups is 1. The van der Waals surface area contributed by atoms with Crippen LogP contribution in [0.1, 0.15) is 45.3 Å². The van der Waals surface area contributed by atoms with Gasteiger partial charge in [-0.15, -0.1) is 0 Å². The minimum absolute atomic E-state index is 0.411. The van der Waals surface area contributed by atoms with Crippen LogP contribution in [0.4, 0.5) is 5.69 Å². The number of aliphatic hydroxyl groups excluding tert-OH is 1. The summed E-state index contributed by atoms with van der Waals surface area (Å²) in [7, 11) is 0. The van der Waals surface area contributed by atoms with E-state index in [2.05, 4.69) is 40.7 Å². The van der Waals surface area contributed by atoms with Gasteiger partial charge in [0, 0.05) is 17.6 Å². The summed E-state index contributed by atoms with van der Waals surface area (Å²) < 4.78 is 1.07. The number of benzene rings is 1. The third-order valence-corrected chi connectivity index (χ3v) is 3.42. The Hall–Kier alpha value is -0.540. The van der Waals surface area contributed by atoms with Crippen molar-refractivity contribution in [3.8, 4) is 0 Å². The molecule has 0 aliphatic heterocycles. The Morgan fingerprint density at radius 1 is 1.24 bits per heavy atom. The average Bonchev–Trinajstić information content (AvgIpc) is 2.28. The van der Waals surface area contributed by atoms with Crippen molar-refractivity contribution in [3.05, 3.63) is 28.2 Å². The first-order valence-electron chi connectivity index (χ1n) is 6.32. The zero-order valence-corrected chi connectivity index (χ0v) is 12.5. The first-order chi connectivity index (χ1) is 8.10. The Morgan fingerprint density at radius 2 is 1.82 bits per heavy atom. The fraction of sp³-hybridized carbons (Fsp3) is 0.571. The van der Waals surface area contributed by atoms with Gasteiger partial charge in [0.1, 0.15) is 0 Å². The lowest BCUT2D eigenvalue weighted by atomic mass is 10.1. The van der Waals surface area contributed by atoms with Crippen molar-refractivity contribution in [3.63, 3.8) is 0 Å². The molecule has 1 aromatic rings. The highest BCUT2D eigenvalue weighted by Gasteiger charge is 2.10. The van der Waals surface area contributed by atoms with Gasteiger partial charge in [0.05, 0.1) is 11.8 Å². The van der Waals surface area contributed by atoms with Gasteiger partial charge in [0.25, 0.3) is 0 Å². The third kappa shape index (κ3) is 4.00. The average molecular weight is 300 g/mol. The van der Waals surface area contributed by atoms with Crippen molar-refractivity contribution in [1.29, 1.82) is 0 Å². The summed E-state index contributed by atoms with van der Waals surface area (Å²) in [5.74, 6) is 0. The SMILES string of the molecule is CCCN(CCC)c1ccc([C@H](C)O)cc1Br. The van der Waals surface area contributed by atoms with Crippen molar-refractivity contribution >= 4 is 21.6 Å². The van der Waals surface area contributed by atoms with Crippen LogP contribution >= 0.6 is 15.9 Å². The molecule has 2 nitrogen and oxygen atoms in total. The number of hydrogen-bond acceptors (Lipinski definition) is 2. The van der Waals surface area contributed by atoms with Crippen LogP contribution in [-0.2, 0) is 0 Å². The summed E-state index contributed by atoms with van der Waals surface area (Å²) in [6.45, 7) is 8.32. The normalized spacial score (nSPS) is 12.5. The predicted molar refractivity (Wildman–Crippen MR) is 77.6 cm³/mol. The van der Waals surface area contributed by atoms with Crippen LogP contribution in [0.15, 0.2) is 22.7 Å². The zero-order valence-electron chi connectivity index (χ0n) is 10.9. The fourth-order valence-electron chi connectivity index (χ4n) is 1.93. The maximum absolute atomic E-state index is 9.55. The second-order valence-corrected chi connectivity index (χ2v) is 5.23. The van der Waals surface area contributed by atoms with E-state index in [9.17, 15) is 5.11 Å². The van der Waals surface area contributed by atoms with E-state index in [1.165, 1.54) is 5.69 Å². The molecule has 0 bridgehead atoms. The molecule has 0 fully saturated rings. The molecule has 1 N–H and O–H groups in total. The van der Waals surface area contributed by atoms with E-state index in [0.29, 0.717) is 0 Å². The molecule has 1 rings (SSSR count). The second-order valence-electron chi connectivity index (χ2n) is 4.37. The smallest absolute Gasteiger partial charge is 0.0762 e. The maximum Gasteiger partial charge on any atom is 0.0762 e. The molecular formula is C14H22BrNO. The topological polar surface area (TPSA) is 23.5 Å². The van der Waals surface area contributed by atoms with Crippen LogP contribution in [0.5, 0.6) is 0 Å². The molecule has 0 amide bonds. The van der Waals surface area contributed by atoms with Gasteiger partial charge in [0.2, 0.25) is 0 Å². The molecule has 1 aromatic carbocycles. The molecule has 0 saturated heterocycles. The molecule has 0 unspecified atom stereocenters. The molecule has 96 valence electrons. The first-order valence-corrected chi connectivity index (χ1v) is 7.11. The molecule has 1 atom stereocenters. The van der Waals surface area contributed by atoms with Crippen molar-refractivity contribution < 1.29 is 5.11 Å². The summed E-state index contributed by atoms with van der Waals surface area (Å²) in [4.78, 5) is 2.38. The summed E-state index contributed by atoms with van der Waals surface area (Å²) in [6.07, 6.45) is 1.88. The van der Waals surface area contributed by atoms with Gasteiger partial charge in [-0.1, -0.05) is 19.9 Å². The maximum atomic E-state index is 9.55. The van der Waals surface area contributed by atoms with Crippen LogP contribution in [0.25, 0.3) is 0 Å². The van der Waals surface area contributed by atoms with Crippen LogP contribution in [0, 0.1) is 0 Å². The predicted octanol–water partition coefficient (Wildman–Crippen LogP) is 4.13. The molecule has 0 aliphatic carbocycles. The number of anilines is 1. The first kappa shape index (κ1) is 14.5. The molecule has 0 heterocycles. The molecule has 0 aliphatic rings. The van der Waals surface area contributed by atoms with Gasteiger partial charge < -0.3 is 10.0 Å².